The van der Waals surface area contributed by atoms with Crippen molar-refractivity contribution in [3.63, 3.8) is 0 Å². The van der Waals surface area contributed by atoms with Crippen LogP contribution in [0.25, 0.3) is 5.82 Å². The van der Waals surface area contributed by atoms with Crippen molar-refractivity contribution in [3.8, 4) is 5.82 Å². The summed E-state index contributed by atoms with van der Waals surface area (Å²) in [7, 11) is 0. The maximum absolute atomic E-state index is 12.2. The monoisotopic (exact) mass is 406 g/mol. The molecule has 2 aromatic heterocycles. The van der Waals surface area contributed by atoms with E-state index in [1.807, 2.05) is 51.1 Å². The number of amides is 1. The first kappa shape index (κ1) is 21.2. The molecule has 0 bridgehead atoms. The maximum Gasteiger partial charge on any atom is 0.340 e. The van der Waals surface area contributed by atoms with Crippen LogP contribution in [0, 0.1) is 13.8 Å². The lowest BCUT2D eigenvalue weighted by Crippen LogP contribution is -2.31. The minimum atomic E-state index is -0.600. The first-order valence-electron chi connectivity index (χ1n) is 9.92. The van der Waals surface area contributed by atoms with Crippen LogP contribution in [0.1, 0.15) is 52.8 Å². The van der Waals surface area contributed by atoms with E-state index in [0.717, 1.165) is 23.4 Å². The normalized spacial score (nSPS) is 11.7. The van der Waals surface area contributed by atoms with Gasteiger partial charge in [0, 0.05) is 11.9 Å². The molecule has 7 heteroatoms. The molecule has 0 aliphatic rings. The third-order valence-electron chi connectivity index (χ3n) is 4.81. The number of benzene rings is 1. The number of ether oxygens (including phenoxy) is 1. The number of aromatic nitrogens is 3. The fourth-order valence-electron chi connectivity index (χ4n) is 3.12. The number of nitrogens with one attached hydrogen (secondary N) is 1. The molecule has 0 saturated heterocycles. The highest BCUT2D eigenvalue weighted by molar-refractivity contribution is 5.91. The van der Waals surface area contributed by atoms with Gasteiger partial charge in [0.15, 0.2) is 12.4 Å². The zero-order valence-corrected chi connectivity index (χ0v) is 17.7. The fourth-order valence-corrected chi connectivity index (χ4v) is 3.12. The Morgan fingerprint density at radius 2 is 1.87 bits per heavy atom. The van der Waals surface area contributed by atoms with E-state index < -0.39 is 5.97 Å². The number of aryl methyl sites for hydroxylation is 3. The first-order valence-corrected chi connectivity index (χ1v) is 9.92. The van der Waals surface area contributed by atoms with Crippen molar-refractivity contribution in [2.45, 2.75) is 40.2 Å². The number of pyridine rings is 1. The molecule has 0 saturated carbocycles. The van der Waals surface area contributed by atoms with Crippen LogP contribution in [-0.4, -0.2) is 33.2 Å². The molecular weight excluding hydrogens is 380 g/mol. The average molecular weight is 406 g/mol. The van der Waals surface area contributed by atoms with Gasteiger partial charge in [-0.15, -0.1) is 0 Å². The molecular formula is C23H26N4O3. The van der Waals surface area contributed by atoms with E-state index in [0.29, 0.717) is 5.82 Å². The molecule has 2 heterocycles. The van der Waals surface area contributed by atoms with E-state index in [2.05, 4.69) is 22.3 Å². The molecule has 1 atom stereocenters. The van der Waals surface area contributed by atoms with Crippen molar-refractivity contribution >= 4 is 11.9 Å². The third kappa shape index (κ3) is 5.11. The van der Waals surface area contributed by atoms with E-state index in [1.54, 1.807) is 16.8 Å². The van der Waals surface area contributed by atoms with Crippen LogP contribution < -0.4 is 5.32 Å². The summed E-state index contributed by atoms with van der Waals surface area (Å²) in [6.07, 6.45) is 2.39. The maximum atomic E-state index is 12.2. The smallest absolute Gasteiger partial charge is 0.340 e. The van der Waals surface area contributed by atoms with Gasteiger partial charge in [-0.3, -0.25) is 4.79 Å². The summed E-state index contributed by atoms with van der Waals surface area (Å²) in [5.41, 5.74) is 4.35. The molecule has 1 N–H and O–H groups in total. The van der Waals surface area contributed by atoms with Crippen molar-refractivity contribution in [2.75, 3.05) is 6.61 Å². The van der Waals surface area contributed by atoms with Crippen molar-refractivity contribution in [1.82, 2.24) is 20.1 Å². The van der Waals surface area contributed by atoms with Gasteiger partial charge >= 0.3 is 5.97 Å². The van der Waals surface area contributed by atoms with Gasteiger partial charge in [-0.2, -0.15) is 5.10 Å². The van der Waals surface area contributed by atoms with Gasteiger partial charge in [-0.1, -0.05) is 31.2 Å². The molecule has 30 heavy (non-hydrogen) atoms. The highest BCUT2D eigenvalue weighted by atomic mass is 16.5. The first-order chi connectivity index (χ1) is 14.4. The molecule has 1 unspecified atom stereocenters. The second-order valence-electron chi connectivity index (χ2n) is 7.20. The fraction of sp³-hybridized carbons (Fsp3) is 0.304. The molecule has 0 radical (unpaired) electrons. The zero-order valence-electron chi connectivity index (χ0n) is 17.7. The molecule has 156 valence electrons. The Morgan fingerprint density at radius 1 is 1.13 bits per heavy atom. The number of hydrogen-bond acceptors (Lipinski definition) is 5. The van der Waals surface area contributed by atoms with Gasteiger partial charge in [-0.05, 0) is 56.5 Å². The molecule has 0 aliphatic heterocycles. The Hall–Kier alpha value is -3.48. The van der Waals surface area contributed by atoms with Crippen LogP contribution in [0.5, 0.6) is 0 Å². The Kier molecular flexibility index (Phi) is 6.61. The second-order valence-corrected chi connectivity index (χ2v) is 7.20. The number of carbonyl (C=O) groups is 2. The predicted molar refractivity (Wildman–Crippen MR) is 113 cm³/mol. The number of carbonyl (C=O) groups excluding carboxylic acids is 2. The van der Waals surface area contributed by atoms with Crippen molar-refractivity contribution in [2.24, 2.45) is 0 Å². The highest BCUT2D eigenvalue weighted by Crippen LogP contribution is 2.14. The number of esters is 1. The predicted octanol–water partition coefficient (Wildman–Crippen LogP) is 3.48. The van der Waals surface area contributed by atoms with Crippen LogP contribution in [0.2, 0.25) is 0 Å². The lowest BCUT2D eigenvalue weighted by molar-refractivity contribution is -0.124. The summed E-state index contributed by atoms with van der Waals surface area (Å²) < 4.78 is 6.82. The van der Waals surface area contributed by atoms with Gasteiger partial charge in [-0.25, -0.2) is 14.5 Å². The van der Waals surface area contributed by atoms with Crippen molar-refractivity contribution < 1.29 is 14.3 Å². The highest BCUT2D eigenvalue weighted by Gasteiger charge is 2.14. The molecule has 1 aromatic carbocycles. The summed E-state index contributed by atoms with van der Waals surface area (Å²) in [4.78, 5) is 28.7. The molecule has 0 aliphatic carbocycles. The van der Waals surface area contributed by atoms with Gasteiger partial charge in [0.1, 0.15) is 0 Å². The van der Waals surface area contributed by atoms with Gasteiger partial charge < -0.3 is 10.1 Å². The quantitative estimate of drug-likeness (QED) is 0.607. The summed E-state index contributed by atoms with van der Waals surface area (Å²) in [5.74, 6) is -0.349. The summed E-state index contributed by atoms with van der Waals surface area (Å²) >= 11 is 0. The minimum Gasteiger partial charge on any atom is -0.452 e. The van der Waals surface area contributed by atoms with Crippen LogP contribution in [0.4, 0.5) is 0 Å². The molecule has 3 rings (SSSR count). The van der Waals surface area contributed by atoms with Crippen LogP contribution in [0.3, 0.4) is 0 Å². The van der Waals surface area contributed by atoms with Crippen LogP contribution >= 0.6 is 0 Å². The van der Waals surface area contributed by atoms with Gasteiger partial charge in [0.25, 0.3) is 5.91 Å². The Balaban J connectivity index is 1.53. The lowest BCUT2D eigenvalue weighted by atomic mass is 10.1. The van der Waals surface area contributed by atoms with Crippen molar-refractivity contribution in [1.29, 1.82) is 0 Å². The minimum absolute atomic E-state index is 0.177. The summed E-state index contributed by atoms with van der Waals surface area (Å²) in [5, 5.41) is 7.20. The van der Waals surface area contributed by atoms with Gasteiger partial charge in [0.2, 0.25) is 0 Å². The number of hydrogen-bond donors (Lipinski definition) is 1. The molecule has 1 amide bonds. The summed E-state index contributed by atoms with van der Waals surface area (Å²) in [6, 6.07) is 13.1. The van der Waals surface area contributed by atoms with Crippen LogP contribution in [-0.2, 0) is 16.0 Å². The standard InChI is InChI=1S/C23H26N4O3/c1-5-18-6-8-19(9-7-18)17(4)25-22(28)14-30-23(29)20-10-11-21(24-13-20)27-16(3)12-15(2)26-27/h6-13,17H,5,14H2,1-4H3,(H,25,28). The van der Waals surface area contributed by atoms with Crippen LogP contribution in [0.15, 0.2) is 48.7 Å². The molecule has 0 fully saturated rings. The van der Waals surface area contributed by atoms with E-state index in [-0.39, 0.29) is 24.1 Å². The van der Waals surface area contributed by atoms with Gasteiger partial charge in [0.05, 0.1) is 17.3 Å². The number of nitrogens with zero attached hydrogens (tertiary/aromatic N) is 3. The van der Waals surface area contributed by atoms with E-state index in [4.69, 9.17) is 4.74 Å². The molecule has 0 spiro atoms. The number of rotatable bonds is 7. The lowest BCUT2D eigenvalue weighted by Gasteiger charge is -2.15. The topological polar surface area (TPSA) is 86.1 Å². The zero-order chi connectivity index (χ0) is 21.7. The second kappa shape index (κ2) is 9.35. The Bertz CT molecular complexity index is 1020. The average Bonchev–Trinajstić information content (AvgIpc) is 3.10. The third-order valence-corrected chi connectivity index (χ3v) is 4.81. The van der Waals surface area contributed by atoms with E-state index >= 15 is 0 Å². The van der Waals surface area contributed by atoms with Crippen molar-refractivity contribution in [3.05, 3.63) is 76.7 Å². The van der Waals surface area contributed by atoms with E-state index in [1.165, 1.54) is 11.8 Å². The Labute approximate surface area is 176 Å². The molecule has 7 nitrogen and oxygen atoms in total. The molecule has 3 aromatic rings. The summed E-state index contributed by atoms with van der Waals surface area (Å²) in [6.45, 7) is 7.47. The SMILES string of the molecule is CCc1ccc(C(C)NC(=O)COC(=O)c2ccc(-n3nc(C)cc3C)nc2)cc1. The largest absolute Gasteiger partial charge is 0.452 e. The Morgan fingerprint density at radius 3 is 2.43 bits per heavy atom. The van der Waals surface area contributed by atoms with E-state index in [9.17, 15) is 9.59 Å².